The van der Waals surface area contributed by atoms with Crippen LogP contribution in [0.25, 0.3) is 21.9 Å². The Morgan fingerprint density at radius 2 is 1.67 bits per heavy atom. The van der Waals surface area contributed by atoms with Crippen LogP contribution in [0.5, 0.6) is 0 Å². The average Bonchev–Trinajstić information content (AvgIpc) is 2.64. The van der Waals surface area contributed by atoms with Gasteiger partial charge in [-0.15, -0.1) is 0 Å². The van der Waals surface area contributed by atoms with Crippen LogP contribution < -0.4 is 4.72 Å². The second-order valence-electron chi connectivity index (χ2n) is 7.16. The van der Waals surface area contributed by atoms with E-state index < -0.39 is 10.0 Å². The first-order valence-corrected chi connectivity index (χ1v) is 10.9. The van der Waals surface area contributed by atoms with E-state index >= 15 is 0 Å². The van der Waals surface area contributed by atoms with Crippen LogP contribution >= 0.6 is 0 Å². The summed E-state index contributed by atoms with van der Waals surface area (Å²) in [6.45, 7) is 1.29. The Kier molecular flexibility index (Phi) is 5.95. The van der Waals surface area contributed by atoms with Gasteiger partial charge < -0.3 is 4.90 Å². The fourth-order valence-corrected chi connectivity index (χ4v) is 3.65. The summed E-state index contributed by atoms with van der Waals surface area (Å²) in [6, 6.07) is 20.8. The Hall–Kier alpha value is -2.21. The molecule has 0 aromatic heterocycles. The fraction of sp³-hybridized carbons (Fsp3) is 0.273. The molecule has 27 heavy (non-hydrogen) atoms. The number of likely N-dealkylation sites (N-methyl/N-ethyl adjacent to an activating group) is 1. The maximum atomic E-state index is 11.5. The van der Waals surface area contributed by atoms with Gasteiger partial charge >= 0.3 is 0 Å². The Bertz CT molecular complexity index is 1040. The zero-order chi connectivity index (χ0) is 19.4. The lowest BCUT2D eigenvalue weighted by molar-refractivity contribution is 0.414. The molecule has 0 aliphatic heterocycles. The van der Waals surface area contributed by atoms with Crippen molar-refractivity contribution < 1.29 is 8.42 Å². The molecule has 0 saturated carbocycles. The van der Waals surface area contributed by atoms with Gasteiger partial charge in [0.1, 0.15) is 0 Å². The Balaban J connectivity index is 2.01. The zero-order valence-electron chi connectivity index (χ0n) is 16.1. The third-order valence-corrected chi connectivity index (χ3v) is 5.32. The number of rotatable bonds is 7. The van der Waals surface area contributed by atoms with Crippen LogP contribution in [0.1, 0.15) is 11.1 Å². The molecule has 142 valence electrons. The van der Waals surface area contributed by atoms with Gasteiger partial charge in [0.2, 0.25) is 10.0 Å². The van der Waals surface area contributed by atoms with Gasteiger partial charge in [-0.05, 0) is 59.6 Å². The van der Waals surface area contributed by atoms with Crippen molar-refractivity contribution in [1.29, 1.82) is 0 Å². The minimum Gasteiger partial charge on any atom is -0.309 e. The van der Waals surface area contributed by atoms with Crippen LogP contribution in [0.15, 0.2) is 60.7 Å². The van der Waals surface area contributed by atoms with E-state index in [1.165, 1.54) is 22.6 Å². The molecule has 1 N–H and O–H groups in total. The van der Waals surface area contributed by atoms with E-state index in [1.807, 2.05) is 24.3 Å². The second-order valence-corrected chi connectivity index (χ2v) is 8.99. The van der Waals surface area contributed by atoms with Gasteiger partial charge in [-0.25, -0.2) is 13.1 Å². The molecular formula is C22H26N2O2S. The summed E-state index contributed by atoms with van der Waals surface area (Å²) in [5.41, 5.74) is 4.45. The number of hydrogen-bond acceptors (Lipinski definition) is 3. The topological polar surface area (TPSA) is 49.4 Å². The van der Waals surface area contributed by atoms with Crippen molar-refractivity contribution in [3.8, 4) is 11.1 Å². The number of benzene rings is 3. The molecule has 3 aromatic rings. The summed E-state index contributed by atoms with van der Waals surface area (Å²) in [5, 5.41) is 2.48. The third-order valence-electron chi connectivity index (χ3n) is 4.65. The molecule has 0 bridgehead atoms. The Labute approximate surface area is 161 Å². The standard InChI is InChI=1S/C22H26N2O2S/c1-24(2)14-13-18-9-6-8-17-11-12-19(15-22(17)18)21-10-5-4-7-20(21)16-23-27(3,25)26/h4-12,15,23H,13-14,16H2,1-3H3. The average molecular weight is 383 g/mol. The van der Waals surface area contributed by atoms with Crippen LogP contribution in [-0.2, 0) is 23.0 Å². The molecule has 5 heteroatoms. The van der Waals surface area contributed by atoms with Crippen molar-refractivity contribution in [1.82, 2.24) is 9.62 Å². The van der Waals surface area contributed by atoms with Gasteiger partial charge in [0.05, 0.1) is 6.26 Å². The van der Waals surface area contributed by atoms with Crippen molar-refractivity contribution in [2.75, 3.05) is 26.9 Å². The normalized spacial score (nSPS) is 12.0. The third kappa shape index (κ3) is 5.16. The second kappa shape index (κ2) is 8.21. The van der Waals surface area contributed by atoms with Gasteiger partial charge in [-0.1, -0.05) is 54.6 Å². The summed E-state index contributed by atoms with van der Waals surface area (Å²) in [4.78, 5) is 2.19. The van der Waals surface area contributed by atoms with E-state index in [4.69, 9.17) is 0 Å². The van der Waals surface area contributed by atoms with E-state index in [9.17, 15) is 8.42 Å². The highest BCUT2D eigenvalue weighted by molar-refractivity contribution is 7.88. The van der Waals surface area contributed by atoms with Crippen molar-refractivity contribution in [2.24, 2.45) is 0 Å². The Morgan fingerprint density at radius 1 is 0.926 bits per heavy atom. The number of fused-ring (bicyclic) bond motifs is 1. The summed E-state index contributed by atoms with van der Waals surface area (Å²) in [6.07, 6.45) is 2.17. The molecule has 4 nitrogen and oxygen atoms in total. The van der Waals surface area contributed by atoms with Gasteiger partial charge in [0.15, 0.2) is 0 Å². The summed E-state index contributed by atoms with van der Waals surface area (Å²) in [7, 11) is 0.937. The minimum atomic E-state index is -3.23. The van der Waals surface area contributed by atoms with Crippen LogP contribution in [0.2, 0.25) is 0 Å². The maximum Gasteiger partial charge on any atom is 0.209 e. The molecule has 0 aliphatic carbocycles. The lowest BCUT2D eigenvalue weighted by Gasteiger charge is -2.14. The van der Waals surface area contributed by atoms with E-state index in [0.29, 0.717) is 0 Å². The van der Waals surface area contributed by atoms with Crippen molar-refractivity contribution in [2.45, 2.75) is 13.0 Å². The minimum absolute atomic E-state index is 0.287. The lowest BCUT2D eigenvalue weighted by atomic mass is 9.94. The highest BCUT2D eigenvalue weighted by Crippen LogP contribution is 2.29. The van der Waals surface area contributed by atoms with Crippen molar-refractivity contribution >= 4 is 20.8 Å². The van der Waals surface area contributed by atoms with Crippen LogP contribution in [0, 0.1) is 0 Å². The van der Waals surface area contributed by atoms with E-state index in [0.717, 1.165) is 29.7 Å². The first kappa shape index (κ1) is 19.5. The van der Waals surface area contributed by atoms with Crippen LogP contribution in [0.3, 0.4) is 0 Å². The number of sulfonamides is 1. The summed E-state index contributed by atoms with van der Waals surface area (Å²) in [5.74, 6) is 0. The first-order valence-electron chi connectivity index (χ1n) is 9.03. The van der Waals surface area contributed by atoms with E-state index in [1.54, 1.807) is 0 Å². The predicted octanol–water partition coefficient (Wildman–Crippen LogP) is 3.66. The van der Waals surface area contributed by atoms with E-state index in [-0.39, 0.29) is 6.54 Å². The first-order chi connectivity index (χ1) is 12.8. The summed E-state index contributed by atoms with van der Waals surface area (Å²) >= 11 is 0. The lowest BCUT2D eigenvalue weighted by Crippen LogP contribution is -2.21. The monoisotopic (exact) mass is 382 g/mol. The number of nitrogens with one attached hydrogen (secondary N) is 1. The molecule has 0 amide bonds. The zero-order valence-corrected chi connectivity index (χ0v) is 16.9. The van der Waals surface area contributed by atoms with Crippen LogP contribution in [0.4, 0.5) is 0 Å². The Morgan fingerprint density at radius 3 is 2.41 bits per heavy atom. The predicted molar refractivity (Wildman–Crippen MR) is 113 cm³/mol. The molecule has 0 saturated heterocycles. The van der Waals surface area contributed by atoms with Gasteiger partial charge in [-0.3, -0.25) is 0 Å². The van der Waals surface area contributed by atoms with Gasteiger partial charge in [0, 0.05) is 13.1 Å². The SMILES string of the molecule is CN(C)CCc1cccc2ccc(-c3ccccc3CNS(C)(=O)=O)cc12. The maximum absolute atomic E-state index is 11.5. The highest BCUT2D eigenvalue weighted by Gasteiger charge is 2.09. The van der Waals surface area contributed by atoms with Gasteiger partial charge in [0.25, 0.3) is 0 Å². The summed E-state index contributed by atoms with van der Waals surface area (Å²) < 4.78 is 25.6. The molecule has 3 aromatic carbocycles. The smallest absolute Gasteiger partial charge is 0.209 e. The highest BCUT2D eigenvalue weighted by atomic mass is 32.2. The molecule has 0 fully saturated rings. The molecule has 0 spiro atoms. The number of hydrogen-bond donors (Lipinski definition) is 1. The molecule has 0 heterocycles. The van der Waals surface area contributed by atoms with E-state index in [2.05, 4.69) is 60.1 Å². The van der Waals surface area contributed by atoms with Crippen LogP contribution in [-0.4, -0.2) is 40.2 Å². The van der Waals surface area contributed by atoms with Crippen molar-refractivity contribution in [3.63, 3.8) is 0 Å². The fourth-order valence-electron chi connectivity index (χ4n) is 3.23. The van der Waals surface area contributed by atoms with Crippen molar-refractivity contribution in [3.05, 3.63) is 71.8 Å². The molecule has 3 rings (SSSR count). The molecular weight excluding hydrogens is 356 g/mol. The van der Waals surface area contributed by atoms with Gasteiger partial charge in [-0.2, -0.15) is 0 Å². The molecule has 0 unspecified atom stereocenters. The molecule has 0 atom stereocenters. The largest absolute Gasteiger partial charge is 0.309 e. The number of nitrogens with zero attached hydrogens (tertiary/aromatic N) is 1. The molecule has 0 radical (unpaired) electrons. The molecule has 0 aliphatic rings. The quantitative estimate of drug-likeness (QED) is 0.678.